The van der Waals surface area contributed by atoms with E-state index in [0.717, 1.165) is 9.87 Å². The number of para-hydroxylation sites is 2. The van der Waals surface area contributed by atoms with Gasteiger partial charge in [0, 0.05) is 22.6 Å². The van der Waals surface area contributed by atoms with Crippen LogP contribution in [-0.4, -0.2) is 50.4 Å². The zero-order valence-electron chi connectivity index (χ0n) is 24.2. The van der Waals surface area contributed by atoms with Crippen LogP contribution in [0.15, 0.2) is 77.7 Å². The fraction of sp³-hybridized carbons (Fsp3) is 0.355. The SMILES string of the molecule is CCOc1ccccc1N(CC(=O)N(Cc1ccc(Cl)cc1)[C@@H](CC)C(=O)N[C@@H](C)CC)S(=O)(=O)c1ccc(Cl)cc1. The van der Waals surface area contributed by atoms with E-state index in [9.17, 15) is 18.0 Å². The van der Waals surface area contributed by atoms with Crippen molar-refractivity contribution in [2.24, 2.45) is 0 Å². The molecule has 0 bridgehead atoms. The number of nitrogens with one attached hydrogen (secondary N) is 1. The summed E-state index contributed by atoms with van der Waals surface area (Å²) in [5.74, 6) is -0.563. The van der Waals surface area contributed by atoms with Gasteiger partial charge < -0.3 is 15.0 Å². The first-order valence-electron chi connectivity index (χ1n) is 13.9. The Hall–Kier alpha value is -3.27. The van der Waals surface area contributed by atoms with Gasteiger partial charge in [0.15, 0.2) is 0 Å². The highest BCUT2D eigenvalue weighted by Crippen LogP contribution is 2.33. The Bertz CT molecular complexity index is 1450. The van der Waals surface area contributed by atoms with Crippen molar-refractivity contribution in [3.8, 4) is 5.75 Å². The van der Waals surface area contributed by atoms with Crippen LogP contribution in [0.3, 0.4) is 0 Å². The number of hydrogen-bond acceptors (Lipinski definition) is 5. The molecule has 0 saturated heterocycles. The van der Waals surface area contributed by atoms with Gasteiger partial charge in [-0.2, -0.15) is 0 Å². The van der Waals surface area contributed by atoms with E-state index in [1.165, 1.54) is 29.2 Å². The Morgan fingerprint density at radius 3 is 2.05 bits per heavy atom. The van der Waals surface area contributed by atoms with Gasteiger partial charge in [-0.05, 0) is 80.8 Å². The Morgan fingerprint density at radius 2 is 1.48 bits per heavy atom. The van der Waals surface area contributed by atoms with Crippen LogP contribution in [0.5, 0.6) is 5.75 Å². The third-order valence-corrected chi connectivity index (χ3v) is 9.05. The van der Waals surface area contributed by atoms with Gasteiger partial charge in [0.25, 0.3) is 10.0 Å². The third-order valence-electron chi connectivity index (χ3n) is 6.77. The second-order valence-corrected chi connectivity index (χ2v) is 12.5. The van der Waals surface area contributed by atoms with Gasteiger partial charge in [-0.1, -0.05) is 61.3 Å². The summed E-state index contributed by atoms with van der Waals surface area (Å²) in [6.07, 6.45) is 1.04. The second-order valence-electron chi connectivity index (χ2n) is 9.76. The molecular formula is C31H37Cl2N3O5S. The van der Waals surface area contributed by atoms with E-state index < -0.39 is 28.5 Å². The number of carbonyl (C=O) groups excluding carboxylic acids is 2. The number of rotatable bonds is 14. The number of amides is 2. The topological polar surface area (TPSA) is 96.0 Å². The average molecular weight is 635 g/mol. The summed E-state index contributed by atoms with van der Waals surface area (Å²) in [6.45, 7) is 7.24. The lowest BCUT2D eigenvalue weighted by Gasteiger charge is -2.34. The van der Waals surface area contributed by atoms with Crippen LogP contribution in [0.25, 0.3) is 0 Å². The number of nitrogens with zero attached hydrogens (tertiary/aromatic N) is 2. The molecule has 3 aromatic rings. The molecule has 2 atom stereocenters. The van der Waals surface area contributed by atoms with Crippen LogP contribution in [-0.2, 0) is 26.2 Å². The molecule has 0 aliphatic carbocycles. The summed E-state index contributed by atoms with van der Waals surface area (Å²) in [7, 11) is -4.27. The van der Waals surface area contributed by atoms with Crippen LogP contribution in [0.2, 0.25) is 10.0 Å². The fourth-order valence-electron chi connectivity index (χ4n) is 4.33. The van der Waals surface area contributed by atoms with Crippen molar-refractivity contribution in [2.75, 3.05) is 17.5 Å². The lowest BCUT2D eigenvalue weighted by Crippen LogP contribution is -2.53. The summed E-state index contributed by atoms with van der Waals surface area (Å²) < 4.78 is 34.9. The third kappa shape index (κ3) is 8.40. The Kier molecular flexibility index (Phi) is 12.1. The first-order valence-corrected chi connectivity index (χ1v) is 16.1. The molecule has 0 spiro atoms. The molecule has 8 nitrogen and oxygen atoms in total. The summed E-state index contributed by atoms with van der Waals surface area (Å²) in [5, 5.41) is 3.87. The van der Waals surface area contributed by atoms with Crippen molar-refractivity contribution in [1.82, 2.24) is 10.2 Å². The van der Waals surface area contributed by atoms with Gasteiger partial charge in [-0.25, -0.2) is 8.42 Å². The molecule has 0 saturated carbocycles. The minimum atomic E-state index is -4.27. The number of ether oxygens (including phenoxy) is 1. The molecule has 0 heterocycles. The van der Waals surface area contributed by atoms with E-state index in [1.54, 1.807) is 55.5 Å². The van der Waals surface area contributed by atoms with Gasteiger partial charge in [-0.3, -0.25) is 13.9 Å². The van der Waals surface area contributed by atoms with Crippen LogP contribution in [0, 0.1) is 0 Å². The molecule has 2 amide bonds. The lowest BCUT2D eigenvalue weighted by molar-refractivity contribution is -0.140. The highest BCUT2D eigenvalue weighted by Gasteiger charge is 2.35. The van der Waals surface area contributed by atoms with Crippen molar-refractivity contribution in [3.05, 3.63) is 88.4 Å². The largest absolute Gasteiger partial charge is 0.492 e. The van der Waals surface area contributed by atoms with Crippen LogP contribution in [0.4, 0.5) is 5.69 Å². The molecule has 0 aliphatic rings. The molecule has 3 rings (SSSR count). The van der Waals surface area contributed by atoms with Crippen molar-refractivity contribution in [2.45, 2.75) is 64.1 Å². The molecule has 0 unspecified atom stereocenters. The van der Waals surface area contributed by atoms with E-state index in [2.05, 4.69) is 5.32 Å². The standard InChI is InChI=1S/C31H37Cl2N3O5S/c1-5-22(4)34-31(38)27(6-2)35(20-23-12-14-24(32)15-13-23)30(37)21-36(28-10-8-9-11-29(28)41-7-3)42(39,40)26-18-16-25(33)17-19-26/h8-19,22,27H,5-7,20-21H2,1-4H3,(H,34,38)/t22-,27-/m0/s1. The van der Waals surface area contributed by atoms with Crippen LogP contribution >= 0.6 is 23.2 Å². The number of carbonyl (C=O) groups is 2. The molecule has 0 aromatic heterocycles. The van der Waals surface area contributed by atoms with Gasteiger partial charge in [0.05, 0.1) is 17.2 Å². The minimum absolute atomic E-state index is 0.0446. The smallest absolute Gasteiger partial charge is 0.264 e. The predicted molar refractivity (Wildman–Crippen MR) is 168 cm³/mol. The Morgan fingerprint density at radius 1 is 0.881 bits per heavy atom. The first kappa shape index (κ1) is 33.2. The number of hydrogen-bond donors (Lipinski definition) is 1. The summed E-state index contributed by atoms with van der Waals surface area (Å²) in [6, 6.07) is 18.4. The maximum Gasteiger partial charge on any atom is 0.264 e. The summed E-state index contributed by atoms with van der Waals surface area (Å²) in [5.41, 5.74) is 0.940. The van der Waals surface area contributed by atoms with E-state index in [4.69, 9.17) is 27.9 Å². The van der Waals surface area contributed by atoms with E-state index in [-0.39, 0.29) is 35.7 Å². The number of anilines is 1. The zero-order chi connectivity index (χ0) is 30.9. The summed E-state index contributed by atoms with van der Waals surface area (Å²) >= 11 is 12.1. The van der Waals surface area contributed by atoms with Crippen molar-refractivity contribution < 1.29 is 22.7 Å². The predicted octanol–water partition coefficient (Wildman–Crippen LogP) is 6.31. The van der Waals surface area contributed by atoms with Crippen LogP contribution in [0.1, 0.15) is 46.1 Å². The Labute approximate surface area is 258 Å². The van der Waals surface area contributed by atoms with Gasteiger partial charge in [0.2, 0.25) is 11.8 Å². The number of halogens is 2. The zero-order valence-corrected chi connectivity index (χ0v) is 26.5. The van der Waals surface area contributed by atoms with Crippen molar-refractivity contribution >= 4 is 50.7 Å². The maximum absolute atomic E-state index is 14.2. The monoisotopic (exact) mass is 633 g/mol. The number of sulfonamides is 1. The van der Waals surface area contributed by atoms with Crippen molar-refractivity contribution in [3.63, 3.8) is 0 Å². The first-order chi connectivity index (χ1) is 20.0. The molecule has 0 aliphatic heterocycles. The molecule has 1 N–H and O–H groups in total. The Balaban J connectivity index is 2.10. The molecule has 0 radical (unpaired) electrons. The van der Waals surface area contributed by atoms with E-state index in [1.807, 2.05) is 20.8 Å². The molecule has 11 heteroatoms. The molecular weight excluding hydrogens is 597 g/mol. The maximum atomic E-state index is 14.2. The average Bonchev–Trinajstić information content (AvgIpc) is 2.97. The van der Waals surface area contributed by atoms with Gasteiger partial charge in [-0.15, -0.1) is 0 Å². The van der Waals surface area contributed by atoms with Gasteiger partial charge in [0.1, 0.15) is 18.3 Å². The number of benzene rings is 3. The highest BCUT2D eigenvalue weighted by molar-refractivity contribution is 7.92. The normalized spacial score (nSPS) is 12.7. The second kappa shape index (κ2) is 15.3. The van der Waals surface area contributed by atoms with Crippen molar-refractivity contribution in [1.29, 1.82) is 0 Å². The quantitative estimate of drug-likeness (QED) is 0.224. The highest BCUT2D eigenvalue weighted by atomic mass is 35.5. The lowest BCUT2D eigenvalue weighted by atomic mass is 10.1. The summed E-state index contributed by atoms with van der Waals surface area (Å²) in [4.78, 5) is 29.0. The van der Waals surface area contributed by atoms with E-state index in [0.29, 0.717) is 28.6 Å². The molecule has 0 fully saturated rings. The minimum Gasteiger partial charge on any atom is -0.492 e. The fourth-order valence-corrected chi connectivity index (χ4v) is 6.01. The van der Waals surface area contributed by atoms with Crippen LogP contribution < -0.4 is 14.4 Å². The molecule has 226 valence electrons. The molecule has 3 aromatic carbocycles. The van der Waals surface area contributed by atoms with E-state index >= 15 is 0 Å². The van der Waals surface area contributed by atoms with Gasteiger partial charge >= 0.3 is 0 Å². The molecule has 42 heavy (non-hydrogen) atoms.